The van der Waals surface area contributed by atoms with E-state index in [2.05, 4.69) is 4.90 Å². The van der Waals surface area contributed by atoms with Crippen LogP contribution in [0.5, 0.6) is 11.5 Å². The predicted molar refractivity (Wildman–Crippen MR) is 134 cm³/mol. The first-order chi connectivity index (χ1) is 17.0. The largest absolute Gasteiger partial charge is 0.486 e. The predicted octanol–water partition coefficient (Wildman–Crippen LogP) is 2.74. The number of likely N-dealkylation sites (tertiary alicyclic amines) is 1. The Morgan fingerprint density at radius 1 is 0.943 bits per heavy atom. The number of sulfonamides is 1. The van der Waals surface area contributed by atoms with Crippen LogP contribution in [0, 0.1) is 0 Å². The molecule has 35 heavy (non-hydrogen) atoms. The molecule has 2 fully saturated rings. The molecule has 3 aliphatic heterocycles. The molecule has 2 aromatic rings. The Hall–Kier alpha value is -2.88. The van der Waals surface area contributed by atoms with Crippen molar-refractivity contribution in [1.82, 2.24) is 14.1 Å². The molecule has 0 aliphatic carbocycles. The van der Waals surface area contributed by atoms with Crippen LogP contribution < -0.4 is 9.47 Å². The van der Waals surface area contributed by atoms with Crippen molar-refractivity contribution in [3.63, 3.8) is 0 Å². The van der Waals surface area contributed by atoms with E-state index in [9.17, 15) is 13.2 Å². The van der Waals surface area contributed by atoms with Gasteiger partial charge >= 0.3 is 0 Å². The van der Waals surface area contributed by atoms with Crippen LogP contribution in [0.15, 0.2) is 53.9 Å². The molecule has 2 saturated heterocycles. The molecular formula is C26H31N3O5S. The maximum Gasteiger partial charge on any atom is 0.237 e. The number of benzene rings is 2. The fourth-order valence-electron chi connectivity index (χ4n) is 4.92. The minimum atomic E-state index is -3.49. The number of carbonyl (C=O) groups is 1. The lowest BCUT2D eigenvalue weighted by Gasteiger charge is -2.34. The van der Waals surface area contributed by atoms with E-state index in [1.165, 1.54) is 9.71 Å². The third kappa shape index (κ3) is 5.52. The van der Waals surface area contributed by atoms with Crippen molar-refractivity contribution in [2.24, 2.45) is 0 Å². The third-order valence-electron chi connectivity index (χ3n) is 6.81. The molecule has 3 heterocycles. The van der Waals surface area contributed by atoms with E-state index in [1.54, 1.807) is 6.08 Å². The number of nitrogens with zero attached hydrogens (tertiary/aromatic N) is 3. The van der Waals surface area contributed by atoms with Gasteiger partial charge in [0.1, 0.15) is 13.2 Å². The normalized spacial score (nSPS) is 21.5. The highest BCUT2D eigenvalue weighted by molar-refractivity contribution is 7.92. The van der Waals surface area contributed by atoms with Crippen LogP contribution in [0.25, 0.3) is 6.08 Å². The van der Waals surface area contributed by atoms with Gasteiger partial charge in [-0.2, -0.15) is 4.31 Å². The minimum absolute atomic E-state index is 0.0307. The molecule has 1 unspecified atom stereocenters. The monoisotopic (exact) mass is 497 g/mol. The summed E-state index contributed by atoms with van der Waals surface area (Å²) < 4.78 is 38.3. The van der Waals surface area contributed by atoms with Crippen LogP contribution in [-0.2, 0) is 14.8 Å². The zero-order valence-corrected chi connectivity index (χ0v) is 20.5. The van der Waals surface area contributed by atoms with Crippen molar-refractivity contribution in [2.75, 3.05) is 52.5 Å². The first-order valence-electron chi connectivity index (χ1n) is 12.1. The molecule has 1 amide bonds. The Morgan fingerprint density at radius 3 is 2.46 bits per heavy atom. The Balaban J connectivity index is 1.16. The number of hydrogen-bond donors (Lipinski definition) is 0. The van der Waals surface area contributed by atoms with Crippen LogP contribution in [0.2, 0.25) is 0 Å². The van der Waals surface area contributed by atoms with Crippen LogP contribution in [0.3, 0.4) is 0 Å². The molecule has 0 saturated carbocycles. The number of ether oxygens (including phenoxy) is 2. The van der Waals surface area contributed by atoms with E-state index in [4.69, 9.17) is 9.47 Å². The van der Waals surface area contributed by atoms with Gasteiger partial charge in [0.05, 0.1) is 12.6 Å². The first-order valence-corrected chi connectivity index (χ1v) is 13.6. The first kappa shape index (κ1) is 23.8. The number of fused-ring (bicyclic) bond motifs is 1. The van der Waals surface area contributed by atoms with Gasteiger partial charge in [-0.15, -0.1) is 0 Å². The van der Waals surface area contributed by atoms with Crippen LogP contribution in [0.4, 0.5) is 0 Å². The lowest BCUT2D eigenvalue weighted by molar-refractivity contribution is -0.133. The maximum absolute atomic E-state index is 13.2. The van der Waals surface area contributed by atoms with Gasteiger partial charge in [-0.05, 0) is 42.2 Å². The number of amides is 1. The molecule has 0 radical (unpaired) electrons. The average Bonchev–Trinajstić information content (AvgIpc) is 3.39. The lowest BCUT2D eigenvalue weighted by atomic mass is 10.0. The van der Waals surface area contributed by atoms with E-state index < -0.39 is 10.0 Å². The highest BCUT2D eigenvalue weighted by Gasteiger charge is 2.33. The van der Waals surface area contributed by atoms with Crippen molar-refractivity contribution in [2.45, 2.75) is 18.9 Å². The Bertz CT molecular complexity index is 1180. The van der Waals surface area contributed by atoms with E-state index in [0.29, 0.717) is 45.9 Å². The molecule has 0 spiro atoms. The standard InChI is InChI=1S/C26H31N3O5S/c30-26(29-11-4-7-23(29)22-8-9-24-25(19-22)34-17-16-33-24)20-27-12-14-28(15-13-27)35(31,32)18-10-21-5-2-1-3-6-21/h1-3,5-6,8-10,18-19,23H,4,7,11-17,20H2/b18-10+. The van der Waals surface area contributed by atoms with Gasteiger partial charge in [0.15, 0.2) is 11.5 Å². The van der Waals surface area contributed by atoms with E-state index in [1.807, 2.05) is 53.4 Å². The van der Waals surface area contributed by atoms with E-state index >= 15 is 0 Å². The third-order valence-corrected chi connectivity index (χ3v) is 8.37. The fraction of sp³-hybridized carbons (Fsp3) is 0.423. The van der Waals surface area contributed by atoms with Crippen molar-refractivity contribution >= 4 is 22.0 Å². The second-order valence-electron chi connectivity index (χ2n) is 9.08. The molecule has 186 valence electrons. The highest BCUT2D eigenvalue weighted by atomic mass is 32.2. The maximum atomic E-state index is 13.2. The summed E-state index contributed by atoms with van der Waals surface area (Å²) >= 11 is 0. The quantitative estimate of drug-likeness (QED) is 0.611. The number of piperazine rings is 1. The topological polar surface area (TPSA) is 79.4 Å². The summed E-state index contributed by atoms with van der Waals surface area (Å²) in [5.74, 6) is 1.58. The van der Waals surface area contributed by atoms with Gasteiger partial charge in [0, 0.05) is 38.1 Å². The summed E-state index contributed by atoms with van der Waals surface area (Å²) in [4.78, 5) is 17.2. The summed E-state index contributed by atoms with van der Waals surface area (Å²) in [6, 6.07) is 15.4. The van der Waals surface area contributed by atoms with Crippen LogP contribution >= 0.6 is 0 Å². The molecule has 9 heteroatoms. The summed E-state index contributed by atoms with van der Waals surface area (Å²) in [7, 11) is -3.49. The Morgan fingerprint density at radius 2 is 1.69 bits per heavy atom. The summed E-state index contributed by atoms with van der Waals surface area (Å²) in [6.07, 6.45) is 3.51. The van der Waals surface area contributed by atoms with Gasteiger partial charge < -0.3 is 14.4 Å². The zero-order chi connectivity index (χ0) is 24.3. The van der Waals surface area contributed by atoms with Gasteiger partial charge in [-0.3, -0.25) is 9.69 Å². The molecular weight excluding hydrogens is 466 g/mol. The average molecular weight is 498 g/mol. The van der Waals surface area contributed by atoms with Gasteiger partial charge in [0.2, 0.25) is 15.9 Å². The molecule has 0 aromatic heterocycles. The number of hydrogen-bond acceptors (Lipinski definition) is 6. The van der Waals surface area contributed by atoms with Crippen molar-refractivity contribution in [3.05, 3.63) is 65.1 Å². The van der Waals surface area contributed by atoms with Gasteiger partial charge in [-0.25, -0.2) is 8.42 Å². The second kappa shape index (κ2) is 10.4. The Labute approximate surface area is 206 Å². The molecule has 0 N–H and O–H groups in total. The van der Waals surface area contributed by atoms with Crippen molar-refractivity contribution in [1.29, 1.82) is 0 Å². The molecule has 5 rings (SSSR count). The van der Waals surface area contributed by atoms with Crippen molar-refractivity contribution < 1.29 is 22.7 Å². The molecule has 8 nitrogen and oxygen atoms in total. The lowest BCUT2D eigenvalue weighted by Crippen LogP contribution is -2.51. The minimum Gasteiger partial charge on any atom is -0.486 e. The van der Waals surface area contributed by atoms with Gasteiger partial charge in [0.25, 0.3) is 0 Å². The SMILES string of the molecule is O=C(CN1CCN(S(=O)(=O)/C=C/c2ccccc2)CC1)N1CCCC1c1ccc2c(c1)OCCO2. The molecule has 2 aromatic carbocycles. The zero-order valence-electron chi connectivity index (χ0n) is 19.7. The highest BCUT2D eigenvalue weighted by Crippen LogP contribution is 2.38. The van der Waals surface area contributed by atoms with Gasteiger partial charge in [-0.1, -0.05) is 36.4 Å². The number of carbonyl (C=O) groups excluding carboxylic acids is 1. The van der Waals surface area contributed by atoms with Crippen LogP contribution in [0.1, 0.15) is 30.0 Å². The van der Waals surface area contributed by atoms with Crippen LogP contribution in [-0.4, -0.2) is 80.9 Å². The van der Waals surface area contributed by atoms with E-state index in [0.717, 1.165) is 42.0 Å². The summed E-state index contributed by atoms with van der Waals surface area (Å²) in [5, 5.41) is 1.27. The number of rotatable bonds is 6. The van der Waals surface area contributed by atoms with E-state index in [-0.39, 0.29) is 11.9 Å². The smallest absolute Gasteiger partial charge is 0.237 e. The molecule has 3 aliphatic rings. The second-order valence-corrected chi connectivity index (χ2v) is 10.9. The molecule has 0 bridgehead atoms. The Kier molecular flexibility index (Phi) is 7.08. The molecule has 1 atom stereocenters. The fourth-order valence-corrected chi connectivity index (χ4v) is 6.09. The summed E-state index contributed by atoms with van der Waals surface area (Å²) in [6.45, 7) is 3.94. The summed E-state index contributed by atoms with van der Waals surface area (Å²) in [5.41, 5.74) is 1.92. The van der Waals surface area contributed by atoms with Crippen molar-refractivity contribution in [3.8, 4) is 11.5 Å².